The monoisotopic (exact) mass is 479 g/mol. The minimum absolute atomic E-state index is 0.0227. The van der Waals surface area contributed by atoms with Crippen LogP contribution in [0, 0.1) is 11.3 Å². The summed E-state index contributed by atoms with van der Waals surface area (Å²) in [6.45, 7) is 0.628. The van der Waals surface area contributed by atoms with Crippen molar-refractivity contribution in [3.63, 3.8) is 0 Å². The van der Waals surface area contributed by atoms with Gasteiger partial charge in [-0.2, -0.15) is 5.26 Å². The number of nitriles is 1. The Kier molecular flexibility index (Phi) is 6.53. The molecule has 1 aromatic heterocycles. The smallest absolute Gasteiger partial charge is 0.266 e. The summed E-state index contributed by atoms with van der Waals surface area (Å²) in [4.78, 5) is 12.7. The lowest BCUT2D eigenvalue weighted by molar-refractivity contribution is -0.112. The summed E-state index contributed by atoms with van der Waals surface area (Å²) in [6.07, 6.45) is 3.52. The number of benzene rings is 3. The van der Waals surface area contributed by atoms with E-state index in [1.807, 2.05) is 60.8 Å². The Bertz CT molecular complexity index is 1380. The van der Waals surface area contributed by atoms with Gasteiger partial charge in [0.15, 0.2) is 0 Å². The number of fused-ring (bicyclic) bond motifs is 1. The van der Waals surface area contributed by atoms with Crippen molar-refractivity contribution in [2.45, 2.75) is 6.54 Å². The highest BCUT2D eigenvalue weighted by atomic mass is 35.5. The van der Waals surface area contributed by atoms with E-state index in [-0.39, 0.29) is 5.57 Å². The topological polar surface area (TPSA) is 57.8 Å². The molecular weight excluding hydrogens is 465 g/mol. The molecular formula is C25H16Cl3N3O. The minimum Gasteiger partial charge on any atom is -0.342 e. The van der Waals surface area contributed by atoms with Gasteiger partial charge in [-0.3, -0.25) is 4.79 Å². The van der Waals surface area contributed by atoms with Crippen molar-refractivity contribution in [2.24, 2.45) is 0 Å². The molecule has 0 unspecified atom stereocenters. The fourth-order valence-corrected chi connectivity index (χ4v) is 3.81. The maximum Gasteiger partial charge on any atom is 0.266 e. The zero-order chi connectivity index (χ0) is 22.7. The molecule has 0 bridgehead atoms. The largest absolute Gasteiger partial charge is 0.342 e. The average Bonchev–Trinajstić information content (AvgIpc) is 3.13. The number of nitrogens with zero attached hydrogens (tertiary/aromatic N) is 2. The zero-order valence-corrected chi connectivity index (χ0v) is 18.9. The lowest BCUT2D eigenvalue weighted by Crippen LogP contribution is -2.13. The van der Waals surface area contributed by atoms with Crippen molar-refractivity contribution in [1.82, 2.24) is 4.57 Å². The van der Waals surface area contributed by atoms with Crippen molar-refractivity contribution in [1.29, 1.82) is 5.26 Å². The van der Waals surface area contributed by atoms with E-state index in [9.17, 15) is 10.1 Å². The van der Waals surface area contributed by atoms with Crippen LogP contribution in [0.2, 0.25) is 15.1 Å². The molecule has 1 N–H and O–H groups in total. The van der Waals surface area contributed by atoms with Crippen LogP contribution in [0.5, 0.6) is 0 Å². The molecule has 0 atom stereocenters. The predicted octanol–water partition coefficient (Wildman–Crippen LogP) is 7.20. The molecule has 0 saturated heterocycles. The van der Waals surface area contributed by atoms with E-state index in [4.69, 9.17) is 34.8 Å². The first-order valence-electron chi connectivity index (χ1n) is 9.65. The van der Waals surface area contributed by atoms with Gasteiger partial charge < -0.3 is 9.88 Å². The standard InChI is InChI=1S/C25H16Cl3N3O/c26-19-7-5-16(6-8-19)14-31-15-18(21-3-1-2-4-24(21)31)11-17(13-29)25(32)30-20-9-10-22(27)23(28)12-20/h1-12,15H,14H2,(H,30,32)/b17-11+. The number of carbonyl (C=O) groups is 1. The lowest BCUT2D eigenvalue weighted by atomic mass is 10.1. The molecule has 0 saturated carbocycles. The number of amides is 1. The quantitative estimate of drug-likeness (QED) is 0.243. The third kappa shape index (κ3) is 4.81. The third-order valence-electron chi connectivity index (χ3n) is 4.93. The van der Waals surface area contributed by atoms with Gasteiger partial charge in [0.25, 0.3) is 5.91 Å². The van der Waals surface area contributed by atoms with Gasteiger partial charge in [-0.15, -0.1) is 0 Å². The first kappa shape index (κ1) is 22.0. The van der Waals surface area contributed by atoms with Gasteiger partial charge in [0.1, 0.15) is 11.6 Å². The third-order valence-corrected chi connectivity index (χ3v) is 5.92. The Morgan fingerprint density at radius 1 is 1.00 bits per heavy atom. The molecule has 0 aliphatic rings. The summed E-state index contributed by atoms with van der Waals surface area (Å²) in [5, 5.41) is 14.6. The van der Waals surface area contributed by atoms with Gasteiger partial charge in [0.2, 0.25) is 0 Å². The zero-order valence-electron chi connectivity index (χ0n) is 16.6. The summed E-state index contributed by atoms with van der Waals surface area (Å²) in [5.74, 6) is -0.527. The summed E-state index contributed by atoms with van der Waals surface area (Å²) in [7, 11) is 0. The fraction of sp³-hybridized carbons (Fsp3) is 0.0400. The molecule has 0 fully saturated rings. The number of nitrogens with one attached hydrogen (secondary N) is 1. The number of hydrogen-bond donors (Lipinski definition) is 1. The highest BCUT2D eigenvalue weighted by Gasteiger charge is 2.13. The van der Waals surface area contributed by atoms with Crippen molar-refractivity contribution >= 4 is 63.4 Å². The van der Waals surface area contributed by atoms with Crippen LogP contribution in [-0.2, 0) is 11.3 Å². The molecule has 1 amide bonds. The van der Waals surface area contributed by atoms with Crippen molar-refractivity contribution < 1.29 is 4.79 Å². The fourth-order valence-electron chi connectivity index (χ4n) is 3.38. The van der Waals surface area contributed by atoms with Crippen LogP contribution in [0.25, 0.3) is 17.0 Å². The van der Waals surface area contributed by atoms with E-state index in [0.29, 0.717) is 27.3 Å². The van der Waals surface area contributed by atoms with Crippen LogP contribution >= 0.6 is 34.8 Å². The Morgan fingerprint density at radius 2 is 1.75 bits per heavy atom. The molecule has 3 aromatic carbocycles. The molecule has 4 rings (SSSR count). The minimum atomic E-state index is -0.527. The molecule has 4 aromatic rings. The summed E-state index contributed by atoms with van der Waals surface area (Å²) >= 11 is 17.9. The van der Waals surface area contributed by atoms with Crippen molar-refractivity contribution in [2.75, 3.05) is 5.32 Å². The van der Waals surface area contributed by atoms with Gasteiger partial charge in [0.05, 0.1) is 10.0 Å². The Hall–Kier alpha value is -3.23. The van der Waals surface area contributed by atoms with E-state index >= 15 is 0 Å². The maximum absolute atomic E-state index is 12.7. The van der Waals surface area contributed by atoms with Gasteiger partial charge in [-0.05, 0) is 48.0 Å². The van der Waals surface area contributed by atoms with Crippen molar-refractivity contribution in [3.8, 4) is 6.07 Å². The number of hydrogen-bond acceptors (Lipinski definition) is 2. The molecule has 0 aliphatic carbocycles. The number of carbonyl (C=O) groups excluding carboxylic acids is 1. The van der Waals surface area contributed by atoms with Crippen LogP contribution in [0.1, 0.15) is 11.1 Å². The van der Waals surface area contributed by atoms with E-state index in [0.717, 1.165) is 22.0 Å². The first-order chi connectivity index (χ1) is 15.4. The number of aromatic nitrogens is 1. The number of halogens is 3. The van der Waals surface area contributed by atoms with Gasteiger partial charge in [0, 0.05) is 39.9 Å². The molecule has 7 heteroatoms. The molecule has 32 heavy (non-hydrogen) atoms. The highest BCUT2D eigenvalue weighted by molar-refractivity contribution is 6.42. The van der Waals surface area contributed by atoms with Gasteiger partial charge in [-0.1, -0.05) is 65.1 Å². The molecule has 0 radical (unpaired) electrons. The van der Waals surface area contributed by atoms with Gasteiger partial charge >= 0.3 is 0 Å². The summed E-state index contributed by atoms with van der Waals surface area (Å²) in [6, 6.07) is 22.2. The van der Waals surface area contributed by atoms with E-state index in [1.54, 1.807) is 18.2 Å². The van der Waals surface area contributed by atoms with Gasteiger partial charge in [-0.25, -0.2) is 0 Å². The van der Waals surface area contributed by atoms with E-state index in [1.165, 1.54) is 6.07 Å². The average molecular weight is 481 g/mol. The van der Waals surface area contributed by atoms with Crippen LogP contribution in [-0.4, -0.2) is 10.5 Å². The molecule has 1 heterocycles. The molecule has 158 valence electrons. The number of rotatable bonds is 5. The van der Waals surface area contributed by atoms with Crippen LogP contribution in [0.4, 0.5) is 5.69 Å². The second kappa shape index (κ2) is 9.50. The van der Waals surface area contributed by atoms with Crippen LogP contribution in [0.15, 0.2) is 78.5 Å². The molecule has 0 spiro atoms. The maximum atomic E-state index is 12.7. The SMILES string of the molecule is N#C/C(=C\c1cn(Cc2ccc(Cl)cc2)c2ccccc12)C(=O)Nc1ccc(Cl)c(Cl)c1. The van der Waals surface area contributed by atoms with Crippen molar-refractivity contribution in [3.05, 3.63) is 105 Å². The second-order valence-corrected chi connectivity index (χ2v) is 8.36. The second-order valence-electron chi connectivity index (χ2n) is 7.11. The van der Waals surface area contributed by atoms with Crippen LogP contribution in [0.3, 0.4) is 0 Å². The Balaban J connectivity index is 1.66. The Morgan fingerprint density at radius 3 is 2.47 bits per heavy atom. The Labute approximate surface area is 200 Å². The summed E-state index contributed by atoms with van der Waals surface area (Å²) < 4.78 is 2.08. The normalized spacial score (nSPS) is 11.4. The molecule has 4 nitrogen and oxygen atoms in total. The first-order valence-corrected chi connectivity index (χ1v) is 10.8. The highest BCUT2D eigenvalue weighted by Crippen LogP contribution is 2.27. The predicted molar refractivity (Wildman–Crippen MR) is 131 cm³/mol. The summed E-state index contributed by atoms with van der Waals surface area (Å²) in [5.41, 5.74) is 3.29. The molecule has 0 aliphatic heterocycles. The van der Waals surface area contributed by atoms with E-state index in [2.05, 4.69) is 9.88 Å². The number of anilines is 1. The van der Waals surface area contributed by atoms with Crippen LogP contribution < -0.4 is 5.32 Å². The van der Waals surface area contributed by atoms with E-state index < -0.39 is 5.91 Å². The lowest BCUT2D eigenvalue weighted by Gasteiger charge is -2.05. The number of para-hydroxylation sites is 1.